The summed E-state index contributed by atoms with van der Waals surface area (Å²) < 4.78 is 24.0. The zero-order chi connectivity index (χ0) is 12.9. The Kier molecular flexibility index (Phi) is 4.79. The molecule has 8 heteroatoms. The molecule has 1 rings (SSSR count). The highest BCUT2D eigenvalue weighted by Gasteiger charge is 2.01. The number of thiocarbonyl (C=S) groups is 1. The number of nitrogens with zero attached hydrogens (tertiary/aromatic N) is 1. The molecule has 0 aromatic carbocycles. The van der Waals surface area contributed by atoms with E-state index in [-0.39, 0.29) is 6.54 Å². The molecule has 1 aromatic rings. The molecule has 0 bridgehead atoms. The van der Waals surface area contributed by atoms with Gasteiger partial charge in [-0.2, -0.15) is 0 Å². The monoisotopic (exact) mass is 274 g/mol. The van der Waals surface area contributed by atoms with Gasteiger partial charge in [0, 0.05) is 24.8 Å². The van der Waals surface area contributed by atoms with E-state index in [1.807, 2.05) is 0 Å². The fourth-order valence-electron chi connectivity index (χ4n) is 1.11. The van der Waals surface area contributed by atoms with Crippen LogP contribution in [0.2, 0.25) is 0 Å². The number of hydrogen-bond acceptors (Lipinski definition) is 5. The van der Waals surface area contributed by atoms with Crippen molar-refractivity contribution in [3.63, 3.8) is 0 Å². The van der Waals surface area contributed by atoms with Crippen LogP contribution in [0.3, 0.4) is 0 Å². The number of nitrogens with two attached hydrogens (primary N) is 1. The minimum atomic E-state index is -3.15. The van der Waals surface area contributed by atoms with Crippen molar-refractivity contribution >= 4 is 33.0 Å². The van der Waals surface area contributed by atoms with Gasteiger partial charge < -0.3 is 11.1 Å². The molecule has 4 N–H and O–H groups in total. The standard InChI is InChI=1S/C9H14N4O2S2/c1-17(14,15)13-5-4-12-8-6-7(9(10)16)2-3-11-8/h2-3,6,13H,4-5H2,1H3,(H2,10,16)(H,11,12). The van der Waals surface area contributed by atoms with Crippen LogP contribution in [0, 0.1) is 0 Å². The van der Waals surface area contributed by atoms with Gasteiger partial charge in [-0.15, -0.1) is 0 Å². The van der Waals surface area contributed by atoms with Gasteiger partial charge >= 0.3 is 0 Å². The molecule has 0 unspecified atom stereocenters. The van der Waals surface area contributed by atoms with Gasteiger partial charge in [-0.3, -0.25) is 0 Å². The largest absolute Gasteiger partial charge is 0.389 e. The van der Waals surface area contributed by atoms with Crippen molar-refractivity contribution in [2.24, 2.45) is 5.73 Å². The lowest BCUT2D eigenvalue weighted by Crippen LogP contribution is -2.27. The van der Waals surface area contributed by atoms with E-state index >= 15 is 0 Å². The Balaban J connectivity index is 2.47. The third-order valence-corrected chi connectivity index (χ3v) is 2.80. The van der Waals surface area contributed by atoms with E-state index in [2.05, 4.69) is 15.0 Å². The van der Waals surface area contributed by atoms with E-state index in [1.54, 1.807) is 18.3 Å². The molecular weight excluding hydrogens is 260 g/mol. The number of anilines is 1. The van der Waals surface area contributed by atoms with Crippen LogP contribution in [0.4, 0.5) is 5.82 Å². The quantitative estimate of drug-likeness (QED) is 0.486. The van der Waals surface area contributed by atoms with Crippen LogP contribution >= 0.6 is 12.2 Å². The lowest BCUT2D eigenvalue weighted by atomic mass is 10.2. The number of rotatable bonds is 6. The van der Waals surface area contributed by atoms with E-state index in [9.17, 15) is 8.42 Å². The molecule has 0 aliphatic heterocycles. The molecule has 0 saturated heterocycles. The summed E-state index contributed by atoms with van der Waals surface area (Å²) in [6, 6.07) is 3.42. The zero-order valence-electron chi connectivity index (χ0n) is 9.30. The SMILES string of the molecule is CS(=O)(=O)NCCNc1cc(C(N)=S)ccn1. The second-order valence-electron chi connectivity index (χ2n) is 3.39. The van der Waals surface area contributed by atoms with Gasteiger partial charge in [0.25, 0.3) is 0 Å². The summed E-state index contributed by atoms with van der Waals surface area (Å²) in [5.74, 6) is 0.602. The predicted molar refractivity (Wildman–Crippen MR) is 71.5 cm³/mol. The Morgan fingerprint density at radius 2 is 2.24 bits per heavy atom. The molecule has 0 fully saturated rings. The summed E-state index contributed by atoms with van der Waals surface area (Å²) in [6.07, 6.45) is 2.69. The van der Waals surface area contributed by atoms with Gasteiger partial charge in [-0.1, -0.05) is 12.2 Å². The summed E-state index contributed by atoms with van der Waals surface area (Å²) in [4.78, 5) is 4.35. The van der Waals surface area contributed by atoms with Gasteiger partial charge in [0.1, 0.15) is 10.8 Å². The summed E-state index contributed by atoms with van der Waals surface area (Å²) in [5, 5.41) is 2.96. The predicted octanol–water partition coefficient (Wildman–Crippen LogP) is -0.323. The molecule has 1 heterocycles. The summed E-state index contributed by atoms with van der Waals surface area (Å²) >= 11 is 4.84. The van der Waals surface area contributed by atoms with Gasteiger partial charge in [0.15, 0.2) is 0 Å². The molecular formula is C9H14N4O2S2. The van der Waals surface area contributed by atoms with Crippen molar-refractivity contribution in [1.29, 1.82) is 0 Å². The molecule has 0 aliphatic carbocycles. The summed E-state index contributed by atoms with van der Waals surface area (Å²) in [7, 11) is -3.15. The first-order valence-corrected chi connectivity index (χ1v) is 7.13. The molecule has 17 heavy (non-hydrogen) atoms. The number of hydrogen-bond donors (Lipinski definition) is 3. The van der Waals surface area contributed by atoms with Crippen molar-refractivity contribution < 1.29 is 8.42 Å². The number of pyridine rings is 1. The van der Waals surface area contributed by atoms with Crippen molar-refractivity contribution in [2.75, 3.05) is 24.7 Å². The van der Waals surface area contributed by atoms with E-state index in [0.29, 0.717) is 22.9 Å². The van der Waals surface area contributed by atoms with Crippen molar-refractivity contribution in [3.8, 4) is 0 Å². The summed E-state index contributed by atoms with van der Waals surface area (Å²) in [5.41, 5.74) is 6.20. The minimum Gasteiger partial charge on any atom is -0.389 e. The van der Waals surface area contributed by atoms with Crippen LogP contribution in [0.1, 0.15) is 5.56 Å². The zero-order valence-corrected chi connectivity index (χ0v) is 10.9. The first-order chi connectivity index (χ1) is 7.88. The Labute approximate surface area is 106 Å². The van der Waals surface area contributed by atoms with Crippen LogP contribution in [0.5, 0.6) is 0 Å². The Bertz CT molecular complexity index is 501. The van der Waals surface area contributed by atoms with E-state index in [4.69, 9.17) is 18.0 Å². The number of nitrogens with one attached hydrogen (secondary N) is 2. The van der Waals surface area contributed by atoms with Gasteiger partial charge in [0.2, 0.25) is 10.0 Å². The molecule has 0 amide bonds. The van der Waals surface area contributed by atoms with Crippen LogP contribution in [0.25, 0.3) is 0 Å². The molecule has 94 valence electrons. The second kappa shape index (κ2) is 5.89. The highest BCUT2D eigenvalue weighted by molar-refractivity contribution is 7.88. The first kappa shape index (κ1) is 13.8. The van der Waals surface area contributed by atoms with E-state index < -0.39 is 10.0 Å². The molecule has 0 aliphatic rings. The van der Waals surface area contributed by atoms with Crippen LogP contribution in [-0.2, 0) is 10.0 Å². The average molecular weight is 274 g/mol. The van der Waals surface area contributed by atoms with E-state index in [1.165, 1.54) is 0 Å². The number of sulfonamides is 1. The Hall–Kier alpha value is -1.25. The van der Waals surface area contributed by atoms with Gasteiger partial charge in [-0.25, -0.2) is 18.1 Å². The average Bonchev–Trinajstić information content (AvgIpc) is 2.23. The van der Waals surface area contributed by atoms with E-state index in [0.717, 1.165) is 6.26 Å². The highest BCUT2D eigenvalue weighted by atomic mass is 32.2. The Morgan fingerprint density at radius 1 is 1.53 bits per heavy atom. The van der Waals surface area contributed by atoms with Crippen molar-refractivity contribution in [3.05, 3.63) is 23.9 Å². The lowest BCUT2D eigenvalue weighted by molar-refractivity contribution is 0.589. The van der Waals surface area contributed by atoms with Crippen molar-refractivity contribution in [1.82, 2.24) is 9.71 Å². The minimum absolute atomic E-state index is 0.289. The van der Waals surface area contributed by atoms with Crippen molar-refractivity contribution in [2.45, 2.75) is 0 Å². The molecule has 0 radical (unpaired) electrons. The van der Waals surface area contributed by atoms with Crippen LogP contribution < -0.4 is 15.8 Å². The molecule has 0 spiro atoms. The highest BCUT2D eigenvalue weighted by Crippen LogP contribution is 2.05. The van der Waals surface area contributed by atoms with Crippen LogP contribution in [-0.4, -0.2) is 37.7 Å². The Morgan fingerprint density at radius 3 is 2.82 bits per heavy atom. The maximum atomic E-state index is 10.8. The van der Waals surface area contributed by atoms with Gasteiger partial charge in [-0.05, 0) is 12.1 Å². The second-order valence-corrected chi connectivity index (χ2v) is 5.66. The maximum Gasteiger partial charge on any atom is 0.208 e. The molecule has 1 aromatic heterocycles. The first-order valence-electron chi connectivity index (χ1n) is 4.83. The van der Waals surface area contributed by atoms with Crippen LogP contribution in [0.15, 0.2) is 18.3 Å². The normalized spacial score (nSPS) is 11.1. The molecule has 0 saturated carbocycles. The molecule has 6 nitrogen and oxygen atoms in total. The van der Waals surface area contributed by atoms with Gasteiger partial charge in [0.05, 0.1) is 6.26 Å². The fourth-order valence-corrected chi connectivity index (χ4v) is 1.71. The smallest absolute Gasteiger partial charge is 0.208 e. The summed E-state index contributed by atoms with van der Waals surface area (Å²) in [6.45, 7) is 0.721. The fraction of sp³-hybridized carbons (Fsp3) is 0.333. The maximum absolute atomic E-state index is 10.8. The third-order valence-electron chi connectivity index (χ3n) is 1.84. The lowest BCUT2D eigenvalue weighted by Gasteiger charge is -2.07. The number of aromatic nitrogens is 1. The third kappa shape index (κ3) is 5.57. The topological polar surface area (TPSA) is 97.1 Å². The molecule has 0 atom stereocenters.